The number of carboxylic acid groups (broad SMARTS) is 1. The molecular weight excluding hydrogens is 212 g/mol. The van der Waals surface area contributed by atoms with E-state index in [4.69, 9.17) is 0 Å². The lowest BCUT2D eigenvalue weighted by Gasteiger charge is -2.48. The molecule has 3 rings (SSSR count). The first kappa shape index (κ1) is 11.3. The topological polar surface area (TPSA) is 37.3 Å². The Hall–Kier alpha value is -0.790. The Morgan fingerprint density at radius 1 is 1.35 bits per heavy atom. The lowest BCUT2D eigenvalue weighted by Crippen LogP contribution is -2.42. The van der Waals surface area contributed by atoms with E-state index in [0.717, 1.165) is 25.7 Å². The Morgan fingerprint density at radius 2 is 2.06 bits per heavy atom. The van der Waals surface area contributed by atoms with Crippen molar-refractivity contribution in [3.8, 4) is 0 Å². The van der Waals surface area contributed by atoms with Crippen LogP contribution in [0.25, 0.3) is 0 Å². The summed E-state index contributed by atoms with van der Waals surface area (Å²) < 4.78 is 0. The van der Waals surface area contributed by atoms with Crippen molar-refractivity contribution < 1.29 is 9.90 Å². The first-order valence-corrected chi connectivity index (χ1v) is 6.81. The largest absolute Gasteiger partial charge is 0.481 e. The smallest absolute Gasteiger partial charge is 0.307 e. The van der Waals surface area contributed by atoms with Gasteiger partial charge in [0.1, 0.15) is 0 Å². The van der Waals surface area contributed by atoms with E-state index < -0.39 is 5.97 Å². The van der Waals surface area contributed by atoms with Crippen molar-refractivity contribution in [1.82, 2.24) is 0 Å². The van der Waals surface area contributed by atoms with Crippen molar-refractivity contribution >= 4 is 5.97 Å². The Labute approximate surface area is 103 Å². The van der Waals surface area contributed by atoms with Gasteiger partial charge in [-0.2, -0.15) is 0 Å². The molecule has 2 nitrogen and oxygen atoms in total. The van der Waals surface area contributed by atoms with E-state index in [2.05, 4.69) is 20.4 Å². The van der Waals surface area contributed by atoms with Gasteiger partial charge in [0, 0.05) is 0 Å². The number of hydrogen-bond acceptors (Lipinski definition) is 1. The molecule has 4 atom stereocenters. The van der Waals surface area contributed by atoms with Gasteiger partial charge in [-0.25, -0.2) is 0 Å². The molecule has 2 heteroatoms. The molecule has 1 spiro atoms. The Balaban J connectivity index is 2.05. The molecule has 0 saturated heterocycles. The maximum Gasteiger partial charge on any atom is 0.307 e. The van der Waals surface area contributed by atoms with Crippen LogP contribution in [0.3, 0.4) is 0 Å². The summed E-state index contributed by atoms with van der Waals surface area (Å²) in [5, 5.41) is 9.45. The van der Waals surface area contributed by atoms with E-state index >= 15 is 0 Å². The van der Waals surface area contributed by atoms with Crippen LogP contribution < -0.4 is 0 Å². The molecule has 0 aromatic rings. The van der Waals surface area contributed by atoms with Gasteiger partial charge in [-0.3, -0.25) is 4.79 Å². The lowest BCUT2D eigenvalue weighted by molar-refractivity contribution is -0.146. The minimum absolute atomic E-state index is 0.0725. The van der Waals surface area contributed by atoms with Gasteiger partial charge in [0.2, 0.25) is 0 Å². The Morgan fingerprint density at radius 3 is 2.71 bits per heavy atom. The summed E-state index contributed by atoms with van der Waals surface area (Å²) in [4.78, 5) is 11.5. The Kier molecular flexibility index (Phi) is 2.10. The van der Waals surface area contributed by atoms with Gasteiger partial charge in [0.25, 0.3) is 0 Å². The third kappa shape index (κ3) is 1.19. The number of aliphatic carboxylic acids is 1. The highest BCUT2D eigenvalue weighted by atomic mass is 16.4. The summed E-state index contributed by atoms with van der Waals surface area (Å²) in [6.07, 6.45) is 5.35. The van der Waals surface area contributed by atoms with Crippen molar-refractivity contribution in [2.24, 2.45) is 28.6 Å². The number of carboxylic acids is 1. The second-order valence-corrected chi connectivity index (χ2v) is 6.94. The molecule has 1 N–H and O–H groups in total. The third-order valence-electron chi connectivity index (χ3n) is 6.28. The number of rotatable bonds is 1. The van der Waals surface area contributed by atoms with Crippen molar-refractivity contribution in [2.75, 3.05) is 0 Å². The fourth-order valence-electron chi connectivity index (χ4n) is 5.11. The maximum absolute atomic E-state index is 11.5. The van der Waals surface area contributed by atoms with Crippen molar-refractivity contribution in [2.45, 2.75) is 46.0 Å². The summed E-state index contributed by atoms with van der Waals surface area (Å²) in [6, 6.07) is 0. The molecule has 94 valence electrons. The van der Waals surface area contributed by atoms with Crippen molar-refractivity contribution in [1.29, 1.82) is 0 Å². The first-order chi connectivity index (χ1) is 7.89. The van der Waals surface area contributed by atoms with Crippen LogP contribution in [0.1, 0.15) is 46.0 Å². The van der Waals surface area contributed by atoms with Gasteiger partial charge in [-0.1, -0.05) is 26.0 Å². The summed E-state index contributed by atoms with van der Waals surface area (Å²) in [7, 11) is 0. The fourth-order valence-corrected chi connectivity index (χ4v) is 5.11. The molecule has 0 aromatic carbocycles. The van der Waals surface area contributed by atoms with Crippen LogP contribution in [-0.4, -0.2) is 11.1 Å². The second-order valence-electron chi connectivity index (χ2n) is 6.94. The van der Waals surface area contributed by atoms with E-state index in [1.54, 1.807) is 0 Å². The molecule has 17 heavy (non-hydrogen) atoms. The van der Waals surface area contributed by atoms with Gasteiger partial charge in [-0.05, 0) is 54.8 Å². The zero-order valence-electron chi connectivity index (χ0n) is 10.8. The number of carbonyl (C=O) groups is 1. The van der Waals surface area contributed by atoms with Crippen LogP contribution in [0, 0.1) is 28.6 Å². The molecular formula is C15H22O2. The zero-order chi connectivity index (χ0) is 12.4. The van der Waals surface area contributed by atoms with Gasteiger partial charge >= 0.3 is 5.97 Å². The van der Waals surface area contributed by atoms with Gasteiger partial charge in [0.15, 0.2) is 0 Å². The van der Waals surface area contributed by atoms with Gasteiger partial charge in [0.05, 0.1) is 5.92 Å². The molecule has 0 aliphatic heterocycles. The van der Waals surface area contributed by atoms with Crippen molar-refractivity contribution in [3.05, 3.63) is 12.2 Å². The molecule has 3 saturated carbocycles. The minimum atomic E-state index is -0.569. The quantitative estimate of drug-likeness (QED) is 0.705. The minimum Gasteiger partial charge on any atom is -0.481 e. The zero-order valence-corrected chi connectivity index (χ0v) is 10.8. The highest BCUT2D eigenvalue weighted by molar-refractivity contribution is 5.72. The molecule has 4 unspecified atom stereocenters. The van der Waals surface area contributed by atoms with Crippen LogP contribution in [0.4, 0.5) is 0 Å². The molecule has 2 bridgehead atoms. The standard InChI is InChI=1S/C15H22O2/c1-9-11-4-5-12(13(16)17)15(11)7-6-10(8-15)14(9,2)3/h10-12H,1,4-8H2,2-3H3,(H,16,17). The van der Waals surface area contributed by atoms with E-state index in [1.165, 1.54) is 12.0 Å². The molecule has 3 aliphatic rings. The molecule has 0 radical (unpaired) electrons. The van der Waals surface area contributed by atoms with E-state index in [9.17, 15) is 9.90 Å². The first-order valence-electron chi connectivity index (χ1n) is 6.81. The van der Waals surface area contributed by atoms with Crippen LogP contribution in [-0.2, 0) is 4.79 Å². The SMILES string of the molecule is C=C1C2CCC(C(=O)O)C23CCC(C3)C1(C)C. The summed E-state index contributed by atoms with van der Waals surface area (Å²) >= 11 is 0. The lowest BCUT2D eigenvalue weighted by atomic mass is 9.56. The Bertz CT molecular complexity index is 396. The van der Waals surface area contributed by atoms with Gasteiger partial charge < -0.3 is 5.11 Å². The van der Waals surface area contributed by atoms with Crippen molar-refractivity contribution in [3.63, 3.8) is 0 Å². The maximum atomic E-state index is 11.5. The monoisotopic (exact) mass is 234 g/mol. The van der Waals surface area contributed by atoms with Gasteiger partial charge in [-0.15, -0.1) is 0 Å². The number of allylic oxidation sites excluding steroid dienone is 1. The average molecular weight is 234 g/mol. The highest BCUT2D eigenvalue weighted by Gasteiger charge is 2.63. The van der Waals surface area contributed by atoms with E-state index in [-0.39, 0.29) is 16.7 Å². The third-order valence-corrected chi connectivity index (χ3v) is 6.28. The predicted molar refractivity (Wildman–Crippen MR) is 66.5 cm³/mol. The summed E-state index contributed by atoms with van der Waals surface area (Å²) in [5.74, 6) is 0.453. The normalized spacial score (nSPS) is 46.9. The predicted octanol–water partition coefficient (Wildman–Crippen LogP) is 3.48. The summed E-state index contributed by atoms with van der Waals surface area (Å²) in [5.41, 5.74) is 1.64. The fraction of sp³-hybridized carbons (Fsp3) is 0.800. The van der Waals surface area contributed by atoms with Crippen LogP contribution in [0.5, 0.6) is 0 Å². The summed E-state index contributed by atoms with van der Waals surface area (Å²) in [6.45, 7) is 8.96. The molecule has 3 fully saturated rings. The van der Waals surface area contributed by atoms with E-state index in [0.29, 0.717) is 11.8 Å². The molecule has 0 aromatic heterocycles. The second kappa shape index (κ2) is 3.15. The number of fused-ring (bicyclic) bond motifs is 1. The van der Waals surface area contributed by atoms with Crippen LogP contribution in [0.2, 0.25) is 0 Å². The van der Waals surface area contributed by atoms with Crippen LogP contribution >= 0.6 is 0 Å². The highest BCUT2D eigenvalue weighted by Crippen LogP contribution is 2.70. The van der Waals surface area contributed by atoms with Crippen LogP contribution in [0.15, 0.2) is 12.2 Å². The molecule has 0 amide bonds. The van der Waals surface area contributed by atoms with E-state index in [1.807, 2.05) is 0 Å². The molecule has 0 heterocycles. The molecule has 3 aliphatic carbocycles. The average Bonchev–Trinajstić information content (AvgIpc) is 2.81. The number of hydrogen-bond donors (Lipinski definition) is 1.